The summed E-state index contributed by atoms with van der Waals surface area (Å²) in [5.41, 5.74) is -0.0690. The van der Waals surface area contributed by atoms with Crippen molar-refractivity contribution in [3.63, 3.8) is 0 Å². The fourth-order valence-corrected chi connectivity index (χ4v) is 5.97. The number of nitrogens with zero attached hydrogens (tertiary/aromatic N) is 1. The Morgan fingerprint density at radius 1 is 1.08 bits per heavy atom. The van der Waals surface area contributed by atoms with E-state index in [2.05, 4.69) is 31.2 Å². The molecule has 2 bridgehead atoms. The van der Waals surface area contributed by atoms with Gasteiger partial charge >= 0.3 is 11.6 Å². The van der Waals surface area contributed by atoms with Gasteiger partial charge in [0.05, 0.1) is 11.1 Å². The Balaban J connectivity index is 1.41. The number of benzene rings is 2. The number of aryl methyl sites for hydroxylation is 1. The molecule has 1 N–H and O–H groups in total. The van der Waals surface area contributed by atoms with Gasteiger partial charge in [0.1, 0.15) is 11.1 Å². The van der Waals surface area contributed by atoms with Crippen LogP contribution in [-0.4, -0.2) is 17.6 Å². The molecule has 1 amide bonds. The van der Waals surface area contributed by atoms with E-state index >= 15 is 0 Å². The SMILES string of the molecule is Cc1ccc(NC(=O)C23CCC(C)(C(=NOC(=O)c4cc5ccccc5oc4=O)C2)C3(C)C)cc1Cl. The minimum atomic E-state index is -0.890. The van der Waals surface area contributed by atoms with Crippen LogP contribution >= 0.6 is 11.6 Å². The summed E-state index contributed by atoms with van der Waals surface area (Å²) in [6, 6.07) is 13.8. The lowest BCUT2D eigenvalue weighted by Crippen LogP contribution is -2.43. The monoisotopic (exact) mass is 506 g/mol. The summed E-state index contributed by atoms with van der Waals surface area (Å²) in [4.78, 5) is 44.0. The predicted molar refractivity (Wildman–Crippen MR) is 138 cm³/mol. The average Bonchev–Trinajstić information content (AvgIpc) is 3.15. The van der Waals surface area contributed by atoms with Gasteiger partial charge in [-0.05, 0) is 55.0 Å². The van der Waals surface area contributed by atoms with Gasteiger partial charge in [-0.25, -0.2) is 9.59 Å². The standard InChI is InChI=1S/C28H27ClN2O5/c1-16-9-10-18(14-20(16)29)30-25(34)28-12-11-27(4,26(28,2)3)22(15-28)31-36-24(33)19-13-17-7-5-6-8-21(17)35-23(19)32/h5-10,13-14H,11-12,15H2,1-4H3,(H,30,34). The maximum atomic E-state index is 13.7. The fraction of sp³-hybridized carbons (Fsp3) is 0.357. The molecule has 2 atom stereocenters. The molecule has 1 aromatic heterocycles. The van der Waals surface area contributed by atoms with Gasteiger partial charge in [-0.2, -0.15) is 0 Å². The third kappa shape index (κ3) is 3.48. The fourth-order valence-electron chi connectivity index (χ4n) is 5.79. The molecule has 0 saturated heterocycles. The molecule has 36 heavy (non-hydrogen) atoms. The first-order chi connectivity index (χ1) is 17.0. The Hall–Kier alpha value is -3.45. The number of rotatable bonds is 4. The van der Waals surface area contributed by atoms with E-state index in [1.165, 1.54) is 6.07 Å². The minimum absolute atomic E-state index is 0.108. The zero-order valence-corrected chi connectivity index (χ0v) is 21.4. The Morgan fingerprint density at radius 3 is 2.58 bits per heavy atom. The number of anilines is 1. The lowest BCUT2D eigenvalue weighted by Gasteiger charge is -2.39. The lowest BCUT2D eigenvalue weighted by molar-refractivity contribution is -0.130. The second-order valence-corrected chi connectivity index (χ2v) is 10.9. The third-order valence-corrected chi connectivity index (χ3v) is 9.11. The van der Waals surface area contributed by atoms with Gasteiger partial charge in [0, 0.05) is 27.9 Å². The summed E-state index contributed by atoms with van der Waals surface area (Å²) < 4.78 is 5.24. The van der Waals surface area contributed by atoms with Gasteiger partial charge in [-0.1, -0.05) is 61.8 Å². The van der Waals surface area contributed by atoms with Gasteiger partial charge in [0.25, 0.3) is 0 Å². The van der Waals surface area contributed by atoms with E-state index in [0.717, 1.165) is 12.0 Å². The van der Waals surface area contributed by atoms with Crippen LogP contribution in [0.25, 0.3) is 11.0 Å². The molecule has 5 rings (SSSR count). The van der Waals surface area contributed by atoms with Crippen LogP contribution in [0.15, 0.2) is 62.9 Å². The highest BCUT2D eigenvalue weighted by Crippen LogP contribution is 2.71. The highest BCUT2D eigenvalue weighted by Gasteiger charge is 2.71. The van der Waals surface area contributed by atoms with Crippen LogP contribution in [0.3, 0.4) is 0 Å². The van der Waals surface area contributed by atoms with E-state index < -0.39 is 27.8 Å². The van der Waals surface area contributed by atoms with Crippen molar-refractivity contribution < 1.29 is 18.8 Å². The molecular formula is C28H27ClN2O5. The van der Waals surface area contributed by atoms with Gasteiger partial charge in [0.2, 0.25) is 5.91 Å². The Morgan fingerprint density at radius 2 is 1.83 bits per heavy atom. The normalized spacial score (nSPS) is 25.3. The number of nitrogens with one attached hydrogen (secondary N) is 1. The summed E-state index contributed by atoms with van der Waals surface area (Å²) in [5, 5.41) is 8.45. The largest absolute Gasteiger partial charge is 0.422 e. The van der Waals surface area contributed by atoms with Crippen molar-refractivity contribution in [2.24, 2.45) is 21.4 Å². The number of halogens is 1. The van der Waals surface area contributed by atoms with Crippen LogP contribution in [0.4, 0.5) is 5.69 Å². The number of oxime groups is 1. The Bertz CT molecular complexity index is 1510. The van der Waals surface area contributed by atoms with Crippen molar-refractivity contribution in [2.45, 2.75) is 47.0 Å². The van der Waals surface area contributed by atoms with Gasteiger partial charge in [-0.15, -0.1) is 0 Å². The Labute approximate surface area is 213 Å². The lowest BCUT2D eigenvalue weighted by atomic mass is 9.64. The van der Waals surface area contributed by atoms with Crippen molar-refractivity contribution in [2.75, 3.05) is 5.32 Å². The summed E-state index contributed by atoms with van der Waals surface area (Å²) in [5.74, 6) is -0.998. The van der Waals surface area contributed by atoms with Crippen LogP contribution < -0.4 is 10.9 Å². The highest BCUT2D eigenvalue weighted by atomic mass is 35.5. The molecule has 186 valence electrons. The molecule has 1 heterocycles. The first-order valence-corrected chi connectivity index (χ1v) is 12.3. The molecule has 0 aliphatic heterocycles. The maximum absolute atomic E-state index is 13.7. The smallest absolute Gasteiger partial charge is 0.373 e. The first-order valence-electron chi connectivity index (χ1n) is 11.9. The second kappa shape index (κ2) is 8.30. The van der Waals surface area contributed by atoms with Crippen LogP contribution in [0.5, 0.6) is 0 Å². The van der Waals surface area contributed by atoms with E-state index in [1.807, 2.05) is 19.1 Å². The van der Waals surface area contributed by atoms with E-state index in [1.54, 1.807) is 30.3 Å². The van der Waals surface area contributed by atoms with Crippen LogP contribution in [0.2, 0.25) is 5.02 Å². The highest BCUT2D eigenvalue weighted by molar-refractivity contribution is 6.31. The van der Waals surface area contributed by atoms with E-state index in [9.17, 15) is 14.4 Å². The molecule has 0 radical (unpaired) electrons. The van der Waals surface area contributed by atoms with Crippen molar-refractivity contribution >= 4 is 45.8 Å². The number of carbonyl (C=O) groups is 2. The molecule has 3 aromatic rings. The molecule has 2 fully saturated rings. The number of amides is 1. The first kappa shape index (κ1) is 24.3. The third-order valence-electron chi connectivity index (χ3n) is 8.70. The number of carbonyl (C=O) groups excluding carboxylic acids is 2. The molecule has 7 nitrogen and oxygen atoms in total. The van der Waals surface area contributed by atoms with Crippen molar-refractivity contribution in [1.82, 2.24) is 0 Å². The van der Waals surface area contributed by atoms with Crippen molar-refractivity contribution in [1.29, 1.82) is 0 Å². The van der Waals surface area contributed by atoms with Crippen molar-refractivity contribution in [3.05, 3.63) is 75.1 Å². The average molecular weight is 507 g/mol. The zero-order valence-electron chi connectivity index (χ0n) is 20.6. The maximum Gasteiger partial charge on any atom is 0.373 e. The van der Waals surface area contributed by atoms with Gasteiger partial charge in [-0.3, -0.25) is 4.79 Å². The Kier molecular flexibility index (Phi) is 5.59. The molecule has 2 aliphatic carbocycles. The minimum Gasteiger partial charge on any atom is -0.422 e. The van der Waals surface area contributed by atoms with Crippen LogP contribution in [-0.2, 0) is 9.63 Å². The number of hydrogen-bond donors (Lipinski definition) is 1. The quantitative estimate of drug-likeness (QED) is 0.261. The number of fused-ring (bicyclic) bond motifs is 3. The molecule has 2 aliphatic rings. The summed E-state index contributed by atoms with van der Waals surface area (Å²) in [6.45, 7) is 8.07. The van der Waals surface area contributed by atoms with Crippen LogP contribution in [0.1, 0.15) is 56.0 Å². The summed E-state index contributed by atoms with van der Waals surface area (Å²) >= 11 is 6.25. The number of para-hydroxylation sites is 1. The molecule has 2 aromatic carbocycles. The van der Waals surface area contributed by atoms with Gasteiger partial charge in [0.15, 0.2) is 0 Å². The summed E-state index contributed by atoms with van der Waals surface area (Å²) in [7, 11) is 0. The van der Waals surface area contributed by atoms with Crippen LogP contribution in [0, 0.1) is 23.2 Å². The van der Waals surface area contributed by atoms with E-state index in [-0.39, 0.29) is 11.5 Å². The molecule has 8 heteroatoms. The van der Waals surface area contributed by atoms with Gasteiger partial charge < -0.3 is 14.6 Å². The van der Waals surface area contributed by atoms with E-state index in [4.69, 9.17) is 20.9 Å². The molecule has 2 unspecified atom stereocenters. The summed E-state index contributed by atoms with van der Waals surface area (Å²) in [6.07, 6.45) is 1.75. The second-order valence-electron chi connectivity index (χ2n) is 10.5. The van der Waals surface area contributed by atoms with E-state index in [0.29, 0.717) is 40.2 Å². The molecule has 2 saturated carbocycles. The topological polar surface area (TPSA) is 98.0 Å². The van der Waals surface area contributed by atoms with Crippen molar-refractivity contribution in [3.8, 4) is 0 Å². The molecule has 0 spiro atoms. The molecular weight excluding hydrogens is 480 g/mol. The zero-order chi connectivity index (χ0) is 25.9. The predicted octanol–water partition coefficient (Wildman–Crippen LogP) is 6.12. The number of hydrogen-bond acceptors (Lipinski definition) is 6.